The van der Waals surface area contributed by atoms with E-state index in [2.05, 4.69) is 15.6 Å². The van der Waals surface area contributed by atoms with Gasteiger partial charge in [0.05, 0.1) is 4.88 Å². The van der Waals surface area contributed by atoms with Crippen LogP contribution in [0.15, 0.2) is 46.4 Å². The molecular formula is C16H11F2N3O3S. The molecule has 0 bridgehead atoms. The second-order valence-corrected chi connectivity index (χ2v) is 5.84. The third kappa shape index (κ3) is 4.07. The maximum Gasteiger partial charge on any atom is 0.302 e. The zero-order valence-electron chi connectivity index (χ0n) is 12.6. The van der Waals surface area contributed by atoms with Gasteiger partial charge in [0.25, 0.3) is 11.8 Å². The van der Waals surface area contributed by atoms with Crippen molar-refractivity contribution in [1.29, 1.82) is 0 Å². The number of nitrogens with one attached hydrogen (secondary N) is 2. The van der Waals surface area contributed by atoms with Gasteiger partial charge >= 0.3 is 6.01 Å². The molecule has 1 aromatic carbocycles. The SMILES string of the molecule is O=C(NCc1ccc(F)cc1F)c1coc(NC(=O)c2cccs2)n1. The van der Waals surface area contributed by atoms with E-state index in [4.69, 9.17) is 4.42 Å². The molecule has 128 valence electrons. The normalized spacial score (nSPS) is 10.5. The summed E-state index contributed by atoms with van der Waals surface area (Å²) in [7, 11) is 0. The summed E-state index contributed by atoms with van der Waals surface area (Å²) in [5.41, 5.74) is 0.0495. The summed E-state index contributed by atoms with van der Waals surface area (Å²) in [5.74, 6) is -2.49. The Hall–Kier alpha value is -3.07. The van der Waals surface area contributed by atoms with Crippen LogP contribution in [0.5, 0.6) is 0 Å². The predicted molar refractivity (Wildman–Crippen MR) is 86.3 cm³/mol. The lowest BCUT2D eigenvalue weighted by molar-refractivity contribution is 0.0944. The van der Waals surface area contributed by atoms with Crippen molar-refractivity contribution in [2.24, 2.45) is 0 Å². The summed E-state index contributed by atoms with van der Waals surface area (Å²) in [6.07, 6.45) is 1.07. The number of hydrogen-bond donors (Lipinski definition) is 2. The van der Waals surface area contributed by atoms with E-state index < -0.39 is 23.4 Å². The maximum absolute atomic E-state index is 13.5. The first kappa shape index (κ1) is 16.8. The van der Waals surface area contributed by atoms with E-state index in [-0.39, 0.29) is 23.8 Å². The van der Waals surface area contributed by atoms with Gasteiger partial charge in [-0.2, -0.15) is 4.98 Å². The molecular weight excluding hydrogens is 352 g/mol. The van der Waals surface area contributed by atoms with Crippen molar-refractivity contribution < 1.29 is 22.8 Å². The summed E-state index contributed by atoms with van der Waals surface area (Å²) in [4.78, 5) is 28.2. The van der Waals surface area contributed by atoms with Crippen LogP contribution in [0.3, 0.4) is 0 Å². The van der Waals surface area contributed by atoms with Gasteiger partial charge in [-0.1, -0.05) is 12.1 Å². The molecule has 25 heavy (non-hydrogen) atoms. The van der Waals surface area contributed by atoms with Crippen LogP contribution in [0.4, 0.5) is 14.8 Å². The van der Waals surface area contributed by atoms with Crippen LogP contribution < -0.4 is 10.6 Å². The van der Waals surface area contributed by atoms with E-state index in [9.17, 15) is 18.4 Å². The Bertz CT molecular complexity index is 909. The average Bonchev–Trinajstić information content (AvgIpc) is 3.25. The highest BCUT2D eigenvalue weighted by molar-refractivity contribution is 7.12. The largest absolute Gasteiger partial charge is 0.431 e. The molecule has 0 aliphatic carbocycles. The topological polar surface area (TPSA) is 84.2 Å². The van der Waals surface area contributed by atoms with Crippen LogP contribution in [-0.4, -0.2) is 16.8 Å². The molecule has 0 fully saturated rings. The van der Waals surface area contributed by atoms with E-state index in [1.807, 2.05) is 0 Å². The van der Waals surface area contributed by atoms with Gasteiger partial charge in [0.2, 0.25) is 0 Å². The highest BCUT2D eigenvalue weighted by Gasteiger charge is 2.15. The first-order chi connectivity index (χ1) is 12.0. The Balaban J connectivity index is 1.59. The average molecular weight is 363 g/mol. The summed E-state index contributed by atoms with van der Waals surface area (Å²) < 4.78 is 31.4. The summed E-state index contributed by atoms with van der Waals surface area (Å²) in [6, 6.07) is 6.29. The van der Waals surface area contributed by atoms with Gasteiger partial charge in [0.1, 0.15) is 17.9 Å². The van der Waals surface area contributed by atoms with Gasteiger partial charge in [0.15, 0.2) is 5.69 Å². The minimum absolute atomic E-state index is 0.0796. The number of nitrogens with zero attached hydrogens (tertiary/aromatic N) is 1. The number of anilines is 1. The molecule has 0 spiro atoms. The lowest BCUT2D eigenvalue weighted by Gasteiger charge is -2.04. The highest BCUT2D eigenvalue weighted by Crippen LogP contribution is 2.14. The van der Waals surface area contributed by atoms with Gasteiger partial charge in [0, 0.05) is 18.2 Å². The molecule has 0 atom stereocenters. The van der Waals surface area contributed by atoms with Crippen LogP contribution in [0.25, 0.3) is 0 Å². The second-order valence-electron chi connectivity index (χ2n) is 4.89. The molecule has 3 rings (SSSR count). The van der Waals surface area contributed by atoms with Crippen molar-refractivity contribution in [3.63, 3.8) is 0 Å². The van der Waals surface area contributed by atoms with E-state index in [0.29, 0.717) is 4.88 Å². The molecule has 6 nitrogen and oxygen atoms in total. The van der Waals surface area contributed by atoms with Crippen LogP contribution in [0.1, 0.15) is 25.7 Å². The van der Waals surface area contributed by atoms with Gasteiger partial charge in [-0.15, -0.1) is 11.3 Å². The lowest BCUT2D eigenvalue weighted by atomic mass is 10.2. The zero-order chi connectivity index (χ0) is 17.8. The van der Waals surface area contributed by atoms with E-state index in [1.165, 1.54) is 17.4 Å². The first-order valence-corrected chi connectivity index (χ1v) is 7.93. The minimum Gasteiger partial charge on any atom is -0.431 e. The minimum atomic E-state index is -0.760. The Morgan fingerprint density at radius 1 is 1.20 bits per heavy atom. The monoisotopic (exact) mass is 363 g/mol. The van der Waals surface area contributed by atoms with Gasteiger partial charge in [-0.05, 0) is 17.5 Å². The number of aromatic nitrogens is 1. The van der Waals surface area contributed by atoms with Crippen molar-refractivity contribution in [3.05, 3.63) is 69.7 Å². The number of benzene rings is 1. The number of rotatable bonds is 5. The van der Waals surface area contributed by atoms with Crippen molar-refractivity contribution in [2.75, 3.05) is 5.32 Å². The molecule has 0 aliphatic heterocycles. The maximum atomic E-state index is 13.5. The number of carbonyl (C=O) groups is 2. The highest BCUT2D eigenvalue weighted by atomic mass is 32.1. The molecule has 0 aliphatic rings. The zero-order valence-corrected chi connectivity index (χ0v) is 13.4. The van der Waals surface area contributed by atoms with Gasteiger partial charge in [-0.25, -0.2) is 8.78 Å². The van der Waals surface area contributed by atoms with Crippen LogP contribution in [0.2, 0.25) is 0 Å². The Morgan fingerprint density at radius 2 is 2.04 bits per heavy atom. The van der Waals surface area contributed by atoms with Crippen molar-refractivity contribution in [2.45, 2.75) is 6.54 Å². The fourth-order valence-corrected chi connectivity index (χ4v) is 2.55. The Kier molecular flexibility index (Phi) is 4.85. The fraction of sp³-hybridized carbons (Fsp3) is 0.0625. The van der Waals surface area contributed by atoms with Crippen LogP contribution in [0, 0.1) is 11.6 Å². The van der Waals surface area contributed by atoms with Crippen molar-refractivity contribution in [1.82, 2.24) is 10.3 Å². The molecule has 2 amide bonds. The number of carbonyl (C=O) groups excluding carboxylic acids is 2. The number of thiophene rings is 1. The van der Waals surface area contributed by atoms with Crippen LogP contribution in [-0.2, 0) is 6.54 Å². The molecule has 3 aromatic rings. The smallest absolute Gasteiger partial charge is 0.302 e. The molecule has 0 saturated heterocycles. The molecule has 2 aromatic heterocycles. The number of hydrogen-bond acceptors (Lipinski definition) is 5. The Morgan fingerprint density at radius 3 is 2.76 bits per heavy atom. The number of amides is 2. The number of halogens is 2. The van der Waals surface area contributed by atoms with E-state index in [0.717, 1.165) is 18.4 Å². The molecule has 0 radical (unpaired) electrons. The fourth-order valence-electron chi connectivity index (χ4n) is 1.93. The molecule has 9 heteroatoms. The summed E-state index contributed by atoms with van der Waals surface area (Å²) >= 11 is 1.25. The van der Waals surface area contributed by atoms with Gasteiger partial charge in [-0.3, -0.25) is 14.9 Å². The standard InChI is InChI=1S/C16H11F2N3O3S/c17-10-4-3-9(11(18)6-10)7-19-14(22)12-8-24-16(20-12)21-15(23)13-2-1-5-25-13/h1-6,8H,7H2,(H,19,22)(H,20,21,23). The Labute approximate surface area is 144 Å². The molecule has 0 unspecified atom stereocenters. The third-order valence-corrected chi connectivity index (χ3v) is 4.03. The predicted octanol–water partition coefficient (Wildman–Crippen LogP) is 3.20. The van der Waals surface area contributed by atoms with Crippen LogP contribution >= 0.6 is 11.3 Å². The van der Waals surface area contributed by atoms with Crippen molar-refractivity contribution in [3.8, 4) is 0 Å². The van der Waals surface area contributed by atoms with Gasteiger partial charge < -0.3 is 9.73 Å². The van der Waals surface area contributed by atoms with E-state index >= 15 is 0 Å². The molecule has 2 heterocycles. The molecule has 0 saturated carbocycles. The lowest BCUT2D eigenvalue weighted by Crippen LogP contribution is -2.23. The summed E-state index contributed by atoms with van der Waals surface area (Å²) in [6.45, 7) is -0.144. The van der Waals surface area contributed by atoms with Crippen molar-refractivity contribution >= 4 is 29.2 Å². The number of oxazole rings is 1. The van der Waals surface area contributed by atoms with E-state index in [1.54, 1.807) is 17.5 Å². The third-order valence-electron chi connectivity index (χ3n) is 3.16. The molecule has 2 N–H and O–H groups in total. The first-order valence-electron chi connectivity index (χ1n) is 7.05. The quantitative estimate of drug-likeness (QED) is 0.729. The second kappa shape index (κ2) is 7.22. The summed E-state index contributed by atoms with van der Waals surface area (Å²) in [5, 5.41) is 6.60.